The Morgan fingerprint density at radius 2 is 0.662 bits per heavy atom. The number of thiophene rings is 8. The van der Waals surface area contributed by atoms with Crippen molar-refractivity contribution in [3.05, 3.63) is 169 Å². The van der Waals surface area contributed by atoms with Crippen molar-refractivity contribution in [1.29, 1.82) is 0 Å². The summed E-state index contributed by atoms with van der Waals surface area (Å²) in [7, 11) is 0. The van der Waals surface area contributed by atoms with E-state index in [1.165, 1.54) is 206 Å². The van der Waals surface area contributed by atoms with Gasteiger partial charge in [0.1, 0.15) is 0 Å². The monoisotopic (exact) mass is 1250 g/mol. The van der Waals surface area contributed by atoms with Crippen LogP contribution >= 0.6 is 90.7 Å². The number of aryl methyl sites for hydroxylation is 5. The molecule has 0 aromatic carbocycles. The minimum absolute atomic E-state index is 0. The van der Waals surface area contributed by atoms with Crippen LogP contribution in [0.4, 0.5) is 0 Å². The van der Waals surface area contributed by atoms with Gasteiger partial charge in [0.05, 0.1) is 4.88 Å². The van der Waals surface area contributed by atoms with E-state index in [0.717, 1.165) is 43.3 Å². The molecule has 2 fully saturated rings. The second-order valence-electron chi connectivity index (χ2n) is 21.1. The number of aldehydes is 1. The molecule has 0 atom stereocenters. The van der Waals surface area contributed by atoms with Gasteiger partial charge in [0, 0.05) is 73.2 Å². The van der Waals surface area contributed by atoms with Crippen LogP contribution in [0.25, 0.3) is 68.3 Å². The van der Waals surface area contributed by atoms with Gasteiger partial charge in [-0.1, -0.05) is 105 Å². The summed E-state index contributed by atoms with van der Waals surface area (Å²) in [5.74, 6) is 1.46. The van der Waals surface area contributed by atoms with Crippen LogP contribution in [0.2, 0.25) is 0 Å². The molecule has 0 amide bonds. The Morgan fingerprint density at radius 3 is 1.05 bits per heavy atom. The molecule has 0 N–H and O–H groups in total. The summed E-state index contributed by atoms with van der Waals surface area (Å²) in [4.78, 5) is 33.8. The van der Waals surface area contributed by atoms with Crippen LogP contribution < -0.4 is 0 Å². The van der Waals surface area contributed by atoms with Gasteiger partial charge in [-0.3, -0.25) is 4.79 Å². The number of rotatable bonds is 32. The maximum Gasteiger partial charge on any atom is 2.00 e. The van der Waals surface area contributed by atoms with E-state index in [9.17, 15) is 4.79 Å². The normalized spacial score (nSPS) is 13.6. The van der Waals surface area contributed by atoms with E-state index < -0.39 is 0 Å². The molecular weight excluding hydrogens is 1170 g/mol. The van der Waals surface area contributed by atoms with Crippen molar-refractivity contribution < 1.29 is 21.9 Å². The molecule has 0 aliphatic heterocycles. The Labute approximate surface area is 526 Å². The summed E-state index contributed by atoms with van der Waals surface area (Å²) in [6.07, 6.45) is 48.2. The van der Waals surface area contributed by atoms with E-state index in [1.807, 2.05) is 100 Å². The number of unbranched alkanes of at least 4 members (excludes halogenated alkanes) is 12. The van der Waals surface area contributed by atoms with Crippen LogP contribution in [0.15, 0.2) is 72.8 Å². The van der Waals surface area contributed by atoms with E-state index in [-0.39, 0.29) is 17.1 Å². The molecule has 2 saturated carbocycles. The Balaban J connectivity index is 0.00000133. The largest absolute Gasteiger partial charge is 2.00 e. The standard InChI is InChI=1S/C65H75OS8.C5H5.Fe/c1-5-9-13-17-27-46-40-50(31-23-26-45-24-21-22-25-45)67-62(46)56-36-32-52(69-56)54-34-38-58(71-54)64-48(29-19-15-11-7-3)42-60(73-64)61-43-49(30-20-16-12-8-4)65(74-61)59-39-35-55(72-59)53-33-37-57(70-53)63-47(28-18-14-10-6-2)41-51(44-66)68-63;1-2-4-5-3-1;/h21-22,24-25,32-44H,5-20,23,26-31H2,1-4H3;1-5H;/q;;+2. The van der Waals surface area contributed by atoms with Gasteiger partial charge < -0.3 is 0 Å². The van der Waals surface area contributed by atoms with Crippen molar-refractivity contribution >= 4 is 97.0 Å². The molecule has 10 rings (SSSR count). The third kappa shape index (κ3) is 17.9. The molecule has 0 saturated heterocycles. The smallest absolute Gasteiger partial charge is 0.297 e. The van der Waals surface area contributed by atoms with Gasteiger partial charge in [-0.25, -0.2) is 0 Å². The van der Waals surface area contributed by atoms with Crippen LogP contribution in [-0.4, -0.2) is 6.29 Å². The molecule has 0 spiro atoms. The van der Waals surface area contributed by atoms with Crippen LogP contribution in [0.3, 0.4) is 0 Å². The number of carbonyl (C=O) groups is 1. The summed E-state index contributed by atoms with van der Waals surface area (Å²) in [6.45, 7) is 9.21. The van der Waals surface area contributed by atoms with Gasteiger partial charge in [0.2, 0.25) is 0 Å². The fourth-order valence-corrected chi connectivity index (χ4v) is 20.1. The molecule has 80 heavy (non-hydrogen) atoms. The molecule has 420 valence electrons. The zero-order chi connectivity index (χ0) is 54.6. The van der Waals surface area contributed by atoms with Crippen LogP contribution in [0.1, 0.15) is 180 Å². The second kappa shape index (κ2) is 34.1. The van der Waals surface area contributed by atoms with E-state index >= 15 is 0 Å². The predicted octanol–water partition coefficient (Wildman–Crippen LogP) is 24.9. The first kappa shape index (κ1) is 63.8. The van der Waals surface area contributed by atoms with Gasteiger partial charge in [-0.15, -0.1) is 90.7 Å². The van der Waals surface area contributed by atoms with Crippen molar-refractivity contribution in [3.63, 3.8) is 0 Å². The van der Waals surface area contributed by atoms with Gasteiger partial charge in [0.15, 0.2) is 6.29 Å². The first-order valence-electron chi connectivity index (χ1n) is 29.7. The number of hydrogen-bond acceptors (Lipinski definition) is 9. The number of hydrogen-bond donors (Lipinski definition) is 0. The zero-order valence-electron chi connectivity index (χ0n) is 47.5. The first-order chi connectivity index (χ1) is 38.9. The van der Waals surface area contributed by atoms with E-state index in [0.29, 0.717) is 0 Å². The molecule has 10 heteroatoms. The van der Waals surface area contributed by atoms with Gasteiger partial charge >= 0.3 is 17.1 Å². The maximum absolute atomic E-state index is 11.9. The summed E-state index contributed by atoms with van der Waals surface area (Å²) < 4.78 is 0. The molecule has 8 heterocycles. The Bertz CT molecular complexity index is 3030. The Morgan fingerprint density at radius 1 is 0.312 bits per heavy atom. The topological polar surface area (TPSA) is 17.1 Å². The predicted molar refractivity (Wildman–Crippen MR) is 359 cm³/mol. The average molecular weight is 1250 g/mol. The van der Waals surface area contributed by atoms with Crippen molar-refractivity contribution in [1.82, 2.24) is 0 Å². The zero-order valence-corrected chi connectivity index (χ0v) is 55.1. The van der Waals surface area contributed by atoms with Gasteiger partial charge in [-0.2, -0.15) is 0 Å². The molecule has 8 aromatic rings. The van der Waals surface area contributed by atoms with Gasteiger partial charge in [0.25, 0.3) is 0 Å². The fourth-order valence-electron chi connectivity index (χ4n) is 10.5. The summed E-state index contributed by atoms with van der Waals surface area (Å²) in [6, 6.07) is 28.8. The third-order valence-corrected chi connectivity index (χ3v) is 25.2. The third-order valence-electron chi connectivity index (χ3n) is 14.8. The molecule has 2 aliphatic carbocycles. The summed E-state index contributed by atoms with van der Waals surface area (Å²) in [5, 5.41) is 0. The maximum atomic E-state index is 11.9. The average Bonchev–Trinajstić information content (AvgIpc) is 4.37. The van der Waals surface area contributed by atoms with Crippen LogP contribution in [0.5, 0.6) is 0 Å². The van der Waals surface area contributed by atoms with Crippen molar-refractivity contribution in [2.45, 2.75) is 175 Å². The SMILES string of the molecule is CCCCCCc1cc(C=O)sc1-c1ccc(-c2ccc(-c3sc(-c4cc(CCCCCC)c(-c5ccc(-c6ccc(-c7sc(CCC[C]8[CH][CH][CH][CH]8)cc7CCCCCC)s6)s5)s4)cc3CCCCCC)s2)s1.[CH]1[CH][CH][CH][CH]1.[Fe+2]. The van der Waals surface area contributed by atoms with Crippen LogP contribution in [0, 0.1) is 63.7 Å². The quantitative estimate of drug-likeness (QED) is 0.0233. The molecule has 0 unspecified atom stereocenters. The van der Waals surface area contributed by atoms with E-state index in [2.05, 4.69) is 138 Å². The van der Waals surface area contributed by atoms with Crippen LogP contribution in [-0.2, 0) is 49.2 Å². The fraction of sp³-hybridized carbons (Fsp3) is 0.386. The minimum atomic E-state index is 0. The van der Waals surface area contributed by atoms with Crippen molar-refractivity contribution in [2.75, 3.05) is 0 Å². The number of carbonyl (C=O) groups excluding carboxylic acids is 1. The molecule has 2 aliphatic rings. The Kier molecular flexibility index (Phi) is 27.2. The second-order valence-corrected chi connectivity index (χ2v) is 29.8. The minimum Gasteiger partial charge on any atom is -0.297 e. The molecule has 1 nitrogen and oxygen atoms in total. The molecule has 10 radical (unpaired) electrons. The van der Waals surface area contributed by atoms with Gasteiger partial charge in [-0.05, 0) is 229 Å². The van der Waals surface area contributed by atoms with Crippen molar-refractivity contribution in [2.24, 2.45) is 0 Å². The first-order valence-corrected chi connectivity index (χ1v) is 36.2. The van der Waals surface area contributed by atoms with Crippen molar-refractivity contribution in [3.8, 4) is 68.3 Å². The van der Waals surface area contributed by atoms with E-state index in [4.69, 9.17) is 0 Å². The Hall–Kier alpha value is -2.21. The summed E-state index contributed by atoms with van der Waals surface area (Å²) >= 11 is 15.6. The molecule has 8 aromatic heterocycles. The summed E-state index contributed by atoms with van der Waals surface area (Å²) in [5.41, 5.74) is 5.95. The molecule has 0 bridgehead atoms. The van der Waals surface area contributed by atoms with E-state index in [1.54, 1.807) is 21.8 Å². The molecular formula is C70H80FeOS8+2.